The van der Waals surface area contributed by atoms with Crippen LogP contribution in [0.3, 0.4) is 0 Å². The van der Waals surface area contributed by atoms with Gasteiger partial charge in [-0.25, -0.2) is 0 Å². The second-order valence-electron chi connectivity index (χ2n) is 6.68. The van der Waals surface area contributed by atoms with E-state index in [-0.39, 0.29) is 0 Å². The summed E-state index contributed by atoms with van der Waals surface area (Å²) in [5.74, 6) is 1.48. The third kappa shape index (κ3) is 5.22. The number of nitrogens with one attached hydrogen (secondary N) is 2. The van der Waals surface area contributed by atoms with Crippen molar-refractivity contribution in [2.75, 3.05) is 33.7 Å². The first-order chi connectivity index (χ1) is 12.7. The molecule has 3 rings (SSSR count). The smallest absolute Gasteiger partial charge is 0.190 e. The highest BCUT2D eigenvalue weighted by molar-refractivity contribution is 7.16. The fourth-order valence-electron chi connectivity index (χ4n) is 3.62. The molecular formula is C19H27ClN4S2. The van der Waals surface area contributed by atoms with E-state index in [9.17, 15) is 0 Å². The molecule has 7 heteroatoms. The molecule has 0 spiro atoms. The Morgan fingerprint density at radius 3 is 2.92 bits per heavy atom. The third-order valence-electron chi connectivity index (χ3n) is 4.89. The molecule has 1 fully saturated rings. The maximum absolute atomic E-state index is 5.99. The molecule has 0 aliphatic carbocycles. The standard InChI is InChI=1S/C19H27ClN4S2/c1-21-19(22-10-9-15-7-8-17(20)26-15)23-13-14-5-3-11-24(2)18(14)16-6-4-12-25-16/h4,6-8,12,14,18H,3,5,9-11,13H2,1-2H3,(H2,21,22,23). The Balaban J connectivity index is 1.50. The average molecular weight is 411 g/mol. The van der Waals surface area contributed by atoms with E-state index in [0.29, 0.717) is 12.0 Å². The van der Waals surface area contributed by atoms with E-state index in [4.69, 9.17) is 11.6 Å². The molecule has 26 heavy (non-hydrogen) atoms. The summed E-state index contributed by atoms with van der Waals surface area (Å²) in [6.45, 7) is 2.97. The number of likely N-dealkylation sites (tertiary alicyclic amines) is 1. The van der Waals surface area contributed by atoms with Crippen molar-refractivity contribution in [3.63, 3.8) is 0 Å². The van der Waals surface area contributed by atoms with Crippen molar-refractivity contribution in [3.05, 3.63) is 43.7 Å². The van der Waals surface area contributed by atoms with Gasteiger partial charge in [0.1, 0.15) is 0 Å². The molecule has 4 nitrogen and oxygen atoms in total. The van der Waals surface area contributed by atoms with Gasteiger partial charge in [-0.3, -0.25) is 9.89 Å². The van der Waals surface area contributed by atoms with Crippen molar-refractivity contribution >= 4 is 40.2 Å². The monoisotopic (exact) mass is 410 g/mol. The van der Waals surface area contributed by atoms with Crippen LogP contribution in [0.2, 0.25) is 4.34 Å². The summed E-state index contributed by atoms with van der Waals surface area (Å²) in [6.07, 6.45) is 3.47. The van der Waals surface area contributed by atoms with Crippen molar-refractivity contribution in [2.24, 2.45) is 10.9 Å². The summed E-state index contributed by atoms with van der Waals surface area (Å²) in [5, 5.41) is 9.14. The van der Waals surface area contributed by atoms with Gasteiger partial charge in [0.15, 0.2) is 5.96 Å². The Labute approximate surface area is 169 Å². The van der Waals surface area contributed by atoms with Gasteiger partial charge >= 0.3 is 0 Å². The van der Waals surface area contributed by atoms with Crippen LogP contribution in [0, 0.1) is 5.92 Å². The van der Waals surface area contributed by atoms with Gasteiger partial charge in [-0.1, -0.05) is 17.7 Å². The van der Waals surface area contributed by atoms with Crippen LogP contribution < -0.4 is 10.6 Å². The van der Waals surface area contributed by atoms with Crippen LogP contribution in [0.1, 0.15) is 28.6 Å². The molecule has 0 aromatic carbocycles. The Morgan fingerprint density at radius 2 is 2.23 bits per heavy atom. The summed E-state index contributed by atoms with van der Waals surface area (Å²) in [6, 6.07) is 8.98. The van der Waals surface area contributed by atoms with Crippen LogP contribution >= 0.6 is 34.3 Å². The number of piperidine rings is 1. The first kappa shape index (κ1) is 19.7. The Hall–Kier alpha value is -1.08. The highest BCUT2D eigenvalue weighted by Gasteiger charge is 2.31. The van der Waals surface area contributed by atoms with Crippen molar-refractivity contribution in [3.8, 4) is 0 Å². The molecule has 0 amide bonds. The molecule has 142 valence electrons. The molecule has 0 radical (unpaired) electrons. The topological polar surface area (TPSA) is 39.7 Å². The number of nitrogens with zero attached hydrogens (tertiary/aromatic N) is 2. The summed E-state index contributed by atoms with van der Waals surface area (Å²) in [4.78, 5) is 9.64. The maximum atomic E-state index is 5.99. The summed E-state index contributed by atoms with van der Waals surface area (Å²) in [7, 11) is 4.08. The zero-order valence-corrected chi connectivity index (χ0v) is 17.8. The Kier molecular flexibility index (Phi) is 7.37. The van der Waals surface area contributed by atoms with Crippen LogP contribution in [0.4, 0.5) is 0 Å². The Morgan fingerprint density at radius 1 is 1.35 bits per heavy atom. The number of aliphatic imine (C=N–C) groups is 1. The van der Waals surface area contributed by atoms with Gasteiger partial charge in [0.2, 0.25) is 0 Å². The third-order valence-corrected chi connectivity index (χ3v) is 7.12. The molecule has 0 bridgehead atoms. The van der Waals surface area contributed by atoms with Crippen LogP contribution in [-0.4, -0.2) is 44.6 Å². The zero-order valence-electron chi connectivity index (χ0n) is 15.4. The second-order valence-corrected chi connectivity index (χ2v) is 9.46. The predicted octanol–water partition coefficient (Wildman–Crippen LogP) is 4.25. The highest BCUT2D eigenvalue weighted by Crippen LogP contribution is 2.36. The van der Waals surface area contributed by atoms with E-state index in [2.05, 4.69) is 51.2 Å². The van der Waals surface area contributed by atoms with Crippen molar-refractivity contribution in [2.45, 2.75) is 25.3 Å². The van der Waals surface area contributed by atoms with Gasteiger partial charge < -0.3 is 10.6 Å². The molecule has 1 saturated heterocycles. The van der Waals surface area contributed by atoms with Crippen LogP contribution in [-0.2, 0) is 6.42 Å². The van der Waals surface area contributed by atoms with Crippen LogP contribution in [0.25, 0.3) is 0 Å². The van der Waals surface area contributed by atoms with Gasteiger partial charge in [0, 0.05) is 35.9 Å². The first-order valence-electron chi connectivity index (χ1n) is 9.09. The number of thiophene rings is 2. The number of rotatable bonds is 6. The summed E-state index contributed by atoms with van der Waals surface area (Å²) in [5.41, 5.74) is 0. The lowest BCUT2D eigenvalue weighted by Crippen LogP contribution is -2.45. The zero-order chi connectivity index (χ0) is 18.4. The molecule has 1 aliphatic heterocycles. The summed E-state index contributed by atoms with van der Waals surface area (Å²) < 4.78 is 0.851. The largest absolute Gasteiger partial charge is 0.356 e. The van der Waals surface area contributed by atoms with Gasteiger partial charge in [-0.05, 0) is 62.4 Å². The Bertz CT molecular complexity index is 698. The first-order valence-corrected chi connectivity index (χ1v) is 11.2. The molecule has 2 unspecified atom stereocenters. The van der Waals surface area contributed by atoms with Gasteiger partial charge in [0.05, 0.1) is 4.34 Å². The summed E-state index contributed by atoms with van der Waals surface area (Å²) >= 11 is 9.50. The van der Waals surface area contributed by atoms with Crippen LogP contribution in [0.5, 0.6) is 0 Å². The lowest BCUT2D eigenvalue weighted by Gasteiger charge is -2.39. The van der Waals surface area contributed by atoms with E-state index >= 15 is 0 Å². The number of halogens is 1. The number of guanidine groups is 1. The second kappa shape index (κ2) is 9.74. The molecule has 2 N–H and O–H groups in total. The van der Waals surface area contributed by atoms with Crippen molar-refractivity contribution in [1.82, 2.24) is 15.5 Å². The molecule has 2 atom stereocenters. The fraction of sp³-hybridized carbons (Fsp3) is 0.526. The highest BCUT2D eigenvalue weighted by atomic mass is 35.5. The van der Waals surface area contributed by atoms with Crippen LogP contribution in [0.15, 0.2) is 34.6 Å². The minimum absolute atomic E-state index is 0.502. The van der Waals surface area contributed by atoms with Gasteiger partial charge in [-0.2, -0.15) is 0 Å². The normalized spacial score (nSPS) is 21.7. The lowest BCUT2D eigenvalue weighted by atomic mass is 9.88. The predicted molar refractivity (Wildman–Crippen MR) is 115 cm³/mol. The van der Waals surface area contributed by atoms with E-state index in [1.807, 2.05) is 24.5 Å². The van der Waals surface area contributed by atoms with E-state index in [1.165, 1.54) is 29.1 Å². The van der Waals surface area contributed by atoms with E-state index < -0.39 is 0 Å². The molecule has 3 heterocycles. The number of hydrogen-bond acceptors (Lipinski definition) is 4. The minimum Gasteiger partial charge on any atom is -0.356 e. The number of hydrogen-bond donors (Lipinski definition) is 2. The van der Waals surface area contributed by atoms with E-state index in [0.717, 1.165) is 29.8 Å². The van der Waals surface area contributed by atoms with Gasteiger partial charge in [-0.15, -0.1) is 22.7 Å². The fourth-order valence-corrected chi connectivity index (χ4v) is 5.69. The SMILES string of the molecule is CN=C(NCCc1ccc(Cl)s1)NCC1CCCN(C)C1c1cccs1. The van der Waals surface area contributed by atoms with E-state index in [1.54, 1.807) is 11.3 Å². The maximum Gasteiger partial charge on any atom is 0.190 e. The lowest BCUT2D eigenvalue weighted by molar-refractivity contribution is 0.125. The molecule has 0 saturated carbocycles. The molecular weight excluding hydrogens is 384 g/mol. The van der Waals surface area contributed by atoms with Crippen molar-refractivity contribution in [1.29, 1.82) is 0 Å². The average Bonchev–Trinajstić information content (AvgIpc) is 3.30. The molecule has 2 aromatic rings. The molecule has 2 aromatic heterocycles. The van der Waals surface area contributed by atoms with Gasteiger partial charge in [0.25, 0.3) is 0 Å². The van der Waals surface area contributed by atoms with Crippen molar-refractivity contribution < 1.29 is 0 Å². The quantitative estimate of drug-likeness (QED) is 0.552. The minimum atomic E-state index is 0.502. The molecule has 1 aliphatic rings.